The van der Waals surface area contributed by atoms with Gasteiger partial charge in [0.2, 0.25) is 0 Å². The average molecular weight is 366 g/mol. The number of aliphatic hydroxyl groups excluding tert-OH is 1. The largest absolute Gasteiger partial charge is 0.389 e. The molecule has 3 nitrogen and oxygen atoms in total. The van der Waals surface area contributed by atoms with E-state index in [-0.39, 0.29) is 12.7 Å². The lowest BCUT2D eigenvalue weighted by Gasteiger charge is -2.36. The predicted octanol–water partition coefficient (Wildman–Crippen LogP) is 4.90. The highest BCUT2D eigenvalue weighted by Gasteiger charge is 2.38. The van der Waals surface area contributed by atoms with Crippen molar-refractivity contribution < 1.29 is 14.4 Å². The van der Waals surface area contributed by atoms with Gasteiger partial charge >= 0.3 is 0 Å². The first-order valence-electron chi connectivity index (χ1n) is 8.55. The summed E-state index contributed by atoms with van der Waals surface area (Å²) in [5.41, 5.74) is 1.96. The van der Waals surface area contributed by atoms with Crippen LogP contribution in [0.4, 0.5) is 0 Å². The van der Waals surface area contributed by atoms with Gasteiger partial charge in [0.25, 0.3) is 0 Å². The molecule has 0 fully saturated rings. The Morgan fingerprint density at radius 1 is 0.769 bits per heavy atom. The molecule has 0 aromatic heterocycles. The number of benzene rings is 3. The third-order valence-corrected chi connectivity index (χ3v) is 5.67. The molecule has 4 heteroatoms. The second-order valence-corrected chi connectivity index (χ2v) is 9.63. The van der Waals surface area contributed by atoms with Crippen LogP contribution in [-0.2, 0) is 14.9 Å². The van der Waals surface area contributed by atoms with Crippen LogP contribution >= 0.6 is 7.14 Å². The van der Waals surface area contributed by atoms with Crippen molar-refractivity contribution in [3.63, 3.8) is 0 Å². The summed E-state index contributed by atoms with van der Waals surface area (Å²) >= 11 is 0. The molecule has 0 bridgehead atoms. The Kier molecular flexibility index (Phi) is 5.73. The molecule has 1 atom stereocenters. The second kappa shape index (κ2) is 8.01. The predicted molar refractivity (Wildman–Crippen MR) is 106 cm³/mol. The van der Waals surface area contributed by atoms with Crippen LogP contribution in [0, 0.1) is 0 Å². The molecule has 26 heavy (non-hydrogen) atoms. The summed E-state index contributed by atoms with van der Waals surface area (Å²) in [5.74, 6) is 0. The van der Waals surface area contributed by atoms with Gasteiger partial charge in [-0.25, -0.2) is 0 Å². The minimum absolute atomic E-state index is 0.0117. The quantitative estimate of drug-likeness (QED) is 0.478. The lowest BCUT2D eigenvalue weighted by atomic mass is 9.80. The van der Waals surface area contributed by atoms with Gasteiger partial charge < -0.3 is 14.4 Å². The van der Waals surface area contributed by atoms with Crippen LogP contribution in [0.25, 0.3) is 0 Å². The van der Waals surface area contributed by atoms with Crippen molar-refractivity contribution in [2.45, 2.75) is 5.60 Å². The Morgan fingerprint density at radius 3 is 1.42 bits per heavy atom. The van der Waals surface area contributed by atoms with E-state index in [1.54, 1.807) is 6.66 Å². The van der Waals surface area contributed by atoms with Gasteiger partial charge in [-0.05, 0) is 23.4 Å². The van der Waals surface area contributed by atoms with Gasteiger partial charge in [-0.15, -0.1) is 0 Å². The summed E-state index contributed by atoms with van der Waals surface area (Å²) in [6, 6.07) is 29.8. The smallest absolute Gasteiger partial charge is 0.144 e. The van der Waals surface area contributed by atoms with E-state index in [0.717, 1.165) is 16.7 Å². The first-order valence-corrected chi connectivity index (χ1v) is 11.1. The van der Waals surface area contributed by atoms with Crippen molar-refractivity contribution in [1.82, 2.24) is 0 Å². The molecule has 0 heterocycles. The highest BCUT2D eigenvalue weighted by molar-refractivity contribution is 7.62. The first-order chi connectivity index (χ1) is 12.6. The molecular formula is C22H23O3P. The highest BCUT2D eigenvalue weighted by atomic mass is 31.2. The standard InChI is InChI=1S/C22H23O3P/c1-26(24,17-23)18-25-22(19-11-5-2-6-12-19,20-13-7-3-8-14-20)21-15-9-4-10-16-21/h2-16,23H,17-18H2,1H3/t26-/m1/s1. The topological polar surface area (TPSA) is 46.5 Å². The second-order valence-electron chi connectivity index (χ2n) is 6.49. The number of hydrogen-bond donors (Lipinski definition) is 1. The zero-order chi connectivity index (χ0) is 18.5. The molecule has 0 aliphatic heterocycles. The van der Waals surface area contributed by atoms with Gasteiger partial charge in [0.1, 0.15) is 19.1 Å². The molecule has 0 spiro atoms. The van der Waals surface area contributed by atoms with E-state index < -0.39 is 12.7 Å². The Bertz CT molecular complexity index is 767. The van der Waals surface area contributed by atoms with E-state index >= 15 is 0 Å². The Labute approximate surface area is 154 Å². The molecule has 0 saturated carbocycles. The van der Waals surface area contributed by atoms with Gasteiger partial charge in [-0.3, -0.25) is 0 Å². The zero-order valence-corrected chi connectivity index (χ0v) is 15.7. The third-order valence-electron chi connectivity index (χ3n) is 4.39. The van der Waals surface area contributed by atoms with Crippen LogP contribution in [0.2, 0.25) is 0 Å². The molecule has 0 amide bonds. The molecule has 3 rings (SSSR count). The van der Waals surface area contributed by atoms with Crippen molar-refractivity contribution >= 4 is 7.14 Å². The fourth-order valence-electron chi connectivity index (χ4n) is 3.04. The Balaban J connectivity index is 2.23. The lowest BCUT2D eigenvalue weighted by Crippen LogP contribution is -2.33. The van der Waals surface area contributed by atoms with Gasteiger partial charge in [0, 0.05) is 0 Å². The Hall–Kier alpha value is -2.19. The normalized spacial score (nSPS) is 13.9. The van der Waals surface area contributed by atoms with E-state index in [2.05, 4.69) is 0 Å². The van der Waals surface area contributed by atoms with Crippen LogP contribution in [-0.4, -0.2) is 24.5 Å². The molecule has 3 aromatic rings. The lowest BCUT2D eigenvalue weighted by molar-refractivity contribution is 0.0416. The maximum Gasteiger partial charge on any atom is 0.144 e. The SMILES string of the molecule is C[P@@](=O)(CO)COC(c1ccccc1)(c1ccccc1)c1ccccc1. The van der Waals surface area contributed by atoms with Crippen LogP contribution < -0.4 is 0 Å². The van der Waals surface area contributed by atoms with Gasteiger partial charge in [0.05, 0.1) is 6.35 Å². The minimum atomic E-state index is -2.80. The van der Waals surface area contributed by atoms with Gasteiger partial charge in [-0.1, -0.05) is 91.0 Å². The third kappa shape index (κ3) is 3.81. The van der Waals surface area contributed by atoms with Crippen LogP contribution in [0.15, 0.2) is 91.0 Å². The minimum Gasteiger partial charge on any atom is -0.389 e. The molecule has 3 aromatic carbocycles. The van der Waals surface area contributed by atoms with Crippen molar-refractivity contribution in [2.24, 2.45) is 0 Å². The van der Waals surface area contributed by atoms with Crippen molar-refractivity contribution in [2.75, 3.05) is 19.4 Å². The van der Waals surface area contributed by atoms with Crippen molar-refractivity contribution in [1.29, 1.82) is 0 Å². The summed E-state index contributed by atoms with van der Waals surface area (Å²) in [7, 11) is -2.80. The molecule has 0 radical (unpaired) electrons. The molecule has 0 aliphatic rings. The monoisotopic (exact) mass is 366 g/mol. The average Bonchev–Trinajstić information content (AvgIpc) is 2.71. The van der Waals surface area contributed by atoms with Crippen LogP contribution in [0.5, 0.6) is 0 Å². The first kappa shape index (κ1) is 18.6. The van der Waals surface area contributed by atoms with Crippen LogP contribution in [0.3, 0.4) is 0 Å². The van der Waals surface area contributed by atoms with Crippen LogP contribution in [0.1, 0.15) is 16.7 Å². The van der Waals surface area contributed by atoms with E-state index in [1.165, 1.54) is 0 Å². The maximum atomic E-state index is 12.5. The number of rotatable bonds is 7. The maximum absolute atomic E-state index is 12.5. The van der Waals surface area contributed by atoms with E-state index in [4.69, 9.17) is 4.74 Å². The summed E-state index contributed by atoms with van der Waals surface area (Å²) < 4.78 is 19.0. The molecule has 134 valence electrons. The fourth-order valence-corrected chi connectivity index (χ4v) is 3.59. The zero-order valence-electron chi connectivity index (χ0n) is 14.8. The molecule has 1 N–H and O–H groups in total. The summed E-state index contributed by atoms with van der Waals surface area (Å²) in [6.45, 7) is 1.57. The summed E-state index contributed by atoms with van der Waals surface area (Å²) in [6.07, 6.45) is -0.385. The van der Waals surface area contributed by atoms with Gasteiger partial charge in [0.15, 0.2) is 0 Å². The Morgan fingerprint density at radius 2 is 1.12 bits per heavy atom. The highest BCUT2D eigenvalue weighted by Crippen LogP contribution is 2.46. The summed E-state index contributed by atoms with van der Waals surface area (Å²) in [4.78, 5) is 0. The number of hydrogen-bond acceptors (Lipinski definition) is 3. The molecular weight excluding hydrogens is 343 g/mol. The van der Waals surface area contributed by atoms with E-state index in [0.29, 0.717) is 0 Å². The number of ether oxygens (including phenoxy) is 1. The van der Waals surface area contributed by atoms with E-state index in [9.17, 15) is 9.67 Å². The summed E-state index contributed by atoms with van der Waals surface area (Å²) in [5, 5.41) is 9.46. The molecule has 0 unspecified atom stereocenters. The van der Waals surface area contributed by atoms with Crippen molar-refractivity contribution in [3.8, 4) is 0 Å². The van der Waals surface area contributed by atoms with Crippen molar-refractivity contribution in [3.05, 3.63) is 108 Å². The van der Waals surface area contributed by atoms with Gasteiger partial charge in [-0.2, -0.15) is 0 Å². The number of aliphatic hydroxyl groups is 1. The molecule has 0 aliphatic carbocycles. The fraction of sp³-hybridized carbons (Fsp3) is 0.182. The molecule has 0 saturated heterocycles. The van der Waals surface area contributed by atoms with E-state index in [1.807, 2.05) is 91.0 Å².